The van der Waals surface area contributed by atoms with Crippen molar-refractivity contribution in [3.63, 3.8) is 0 Å². The summed E-state index contributed by atoms with van der Waals surface area (Å²) >= 11 is 0. The van der Waals surface area contributed by atoms with Crippen molar-refractivity contribution < 1.29 is 0 Å². The van der Waals surface area contributed by atoms with Gasteiger partial charge in [0.1, 0.15) is 0 Å². The fraction of sp³-hybridized carbons (Fsp3) is 1.00. The first-order valence-electron chi connectivity index (χ1n) is 7.87. The molecule has 3 heteroatoms. The Hall–Kier alpha value is -0.120. The van der Waals surface area contributed by atoms with Crippen molar-refractivity contribution in [2.24, 2.45) is 11.1 Å². The highest BCUT2D eigenvalue weighted by Gasteiger charge is 2.26. The van der Waals surface area contributed by atoms with Crippen LogP contribution in [0.1, 0.15) is 51.9 Å². The number of hydrogen-bond acceptors (Lipinski definition) is 3. The fourth-order valence-electron chi connectivity index (χ4n) is 3.39. The molecule has 1 saturated carbocycles. The lowest BCUT2D eigenvalue weighted by molar-refractivity contribution is 0.189. The van der Waals surface area contributed by atoms with Gasteiger partial charge in [0.25, 0.3) is 0 Å². The summed E-state index contributed by atoms with van der Waals surface area (Å²) in [5, 5.41) is 3.68. The van der Waals surface area contributed by atoms with Gasteiger partial charge < -0.3 is 16.0 Å². The summed E-state index contributed by atoms with van der Waals surface area (Å²) in [5.41, 5.74) is 6.50. The lowest BCUT2D eigenvalue weighted by atomic mass is 9.76. The SMILES string of the molecule is CC1(CNCCN2CCC(N)CC2)CCCCC1. The normalized spacial score (nSPS) is 26.3. The van der Waals surface area contributed by atoms with Gasteiger partial charge in [0.2, 0.25) is 0 Å². The van der Waals surface area contributed by atoms with Crippen LogP contribution in [0.15, 0.2) is 0 Å². The van der Waals surface area contributed by atoms with Crippen molar-refractivity contribution in [3.05, 3.63) is 0 Å². The van der Waals surface area contributed by atoms with E-state index < -0.39 is 0 Å². The number of rotatable bonds is 5. The van der Waals surface area contributed by atoms with Crippen LogP contribution in [0.3, 0.4) is 0 Å². The summed E-state index contributed by atoms with van der Waals surface area (Å²) in [6, 6.07) is 0.454. The summed E-state index contributed by atoms with van der Waals surface area (Å²) in [4.78, 5) is 2.56. The van der Waals surface area contributed by atoms with E-state index in [9.17, 15) is 0 Å². The van der Waals surface area contributed by atoms with Gasteiger partial charge in [-0.05, 0) is 44.2 Å². The van der Waals surface area contributed by atoms with Crippen LogP contribution in [-0.2, 0) is 0 Å². The van der Waals surface area contributed by atoms with Crippen molar-refractivity contribution in [1.29, 1.82) is 0 Å². The van der Waals surface area contributed by atoms with Gasteiger partial charge in [-0.15, -0.1) is 0 Å². The van der Waals surface area contributed by atoms with Crippen LogP contribution in [-0.4, -0.2) is 43.7 Å². The van der Waals surface area contributed by atoms with E-state index in [4.69, 9.17) is 5.73 Å². The molecule has 1 aliphatic carbocycles. The second-order valence-electron chi connectivity index (χ2n) is 6.73. The molecule has 106 valence electrons. The van der Waals surface area contributed by atoms with E-state index in [2.05, 4.69) is 17.1 Å². The van der Waals surface area contributed by atoms with Crippen LogP contribution in [0.5, 0.6) is 0 Å². The molecule has 0 spiro atoms. The van der Waals surface area contributed by atoms with E-state index >= 15 is 0 Å². The third kappa shape index (κ3) is 4.52. The Morgan fingerprint density at radius 1 is 1.17 bits per heavy atom. The average Bonchev–Trinajstić information content (AvgIpc) is 2.38. The molecule has 0 aromatic rings. The first-order chi connectivity index (χ1) is 8.68. The van der Waals surface area contributed by atoms with Gasteiger partial charge in [-0.3, -0.25) is 0 Å². The highest BCUT2D eigenvalue weighted by Crippen LogP contribution is 2.34. The van der Waals surface area contributed by atoms with E-state index in [-0.39, 0.29) is 0 Å². The van der Waals surface area contributed by atoms with Crippen molar-refractivity contribution in [3.8, 4) is 0 Å². The van der Waals surface area contributed by atoms with Crippen LogP contribution in [0.2, 0.25) is 0 Å². The molecule has 2 rings (SSSR count). The topological polar surface area (TPSA) is 41.3 Å². The van der Waals surface area contributed by atoms with Crippen molar-refractivity contribution in [1.82, 2.24) is 10.2 Å². The van der Waals surface area contributed by atoms with E-state index in [1.807, 2.05) is 0 Å². The van der Waals surface area contributed by atoms with Crippen molar-refractivity contribution in [2.75, 3.05) is 32.7 Å². The summed E-state index contributed by atoms with van der Waals surface area (Å²) in [6.45, 7) is 8.40. The highest BCUT2D eigenvalue weighted by molar-refractivity contribution is 4.81. The van der Waals surface area contributed by atoms with E-state index in [1.165, 1.54) is 71.1 Å². The van der Waals surface area contributed by atoms with Gasteiger partial charge >= 0.3 is 0 Å². The van der Waals surface area contributed by atoms with E-state index in [0.29, 0.717) is 11.5 Å². The van der Waals surface area contributed by atoms with Gasteiger partial charge in [0, 0.05) is 25.7 Å². The number of nitrogens with zero attached hydrogens (tertiary/aromatic N) is 1. The van der Waals surface area contributed by atoms with Gasteiger partial charge in [0.15, 0.2) is 0 Å². The highest BCUT2D eigenvalue weighted by atomic mass is 15.1. The van der Waals surface area contributed by atoms with Crippen molar-refractivity contribution >= 4 is 0 Å². The zero-order chi connectivity index (χ0) is 12.8. The smallest absolute Gasteiger partial charge is 0.0107 e. The van der Waals surface area contributed by atoms with Crippen LogP contribution < -0.4 is 11.1 Å². The van der Waals surface area contributed by atoms with Crippen molar-refractivity contribution in [2.45, 2.75) is 57.9 Å². The molecule has 0 atom stereocenters. The molecule has 0 aromatic carbocycles. The standard InChI is InChI=1S/C15H31N3/c1-15(7-3-2-4-8-15)13-17-9-12-18-10-5-14(16)6-11-18/h14,17H,2-13,16H2,1H3. The molecule has 2 aliphatic rings. The Labute approximate surface area is 112 Å². The molecule has 0 radical (unpaired) electrons. The van der Waals surface area contributed by atoms with Gasteiger partial charge in [-0.25, -0.2) is 0 Å². The molecule has 0 aromatic heterocycles. The van der Waals surface area contributed by atoms with Gasteiger partial charge in [0.05, 0.1) is 0 Å². The molecule has 2 fully saturated rings. The molecule has 0 unspecified atom stereocenters. The third-order valence-electron chi connectivity index (χ3n) is 4.85. The van der Waals surface area contributed by atoms with Crippen LogP contribution in [0, 0.1) is 5.41 Å². The predicted molar refractivity (Wildman–Crippen MR) is 77.7 cm³/mol. The number of nitrogens with two attached hydrogens (primary N) is 1. The molecule has 3 nitrogen and oxygen atoms in total. The maximum atomic E-state index is 5.92. The second kappa shape index (κ2) is 6.88. The summed E-state index contributed by atoms with van der Waals surface area (Å²) in [5.74, 6) is 0. The molecule has 3 N–H and O–H groups in total. The number of nitrogens with one attached hydrogen (secondary N) is 1. The predicted octanol–water partition coefficient (Wildman–Crippen LogP) is 1.97. The minimum absolute atomic E-state index is 0.454. The molecular weight excluding hydrogens is 222 g/mol. The lowest BCUT2D eigenvalue weighted by Gasteiger charge is -2.34. The second-order valence-corrected chi connectivity index (χ2v) is 6.73. The minimum Gasteiger partial charge on any atom is -0.328 e. The third-order valence-corrected chi connectivity index (χ3v) is 4.85. The van der Waals surface area contributed by atoms with Crippen LogP contribution in [0.4, 0.5) is 0 Å². The van der Waals surface area contributed by atoms with Gasteiger partial charge in [-0.2, -0.15) is 0 Å². The quantitative estimate of drug-likeness (QED) is 0.736. The Morgan fingerprint density at radius 2 is 1.83 bits per heavy atom. The Bertz CT molecular complexity index is 228. The first-order valence-corrected chi connectivity index (χ1v) is 7.87. The zero-order valence-corrected chi connectivity index (χ0v) is 12.1. The van der Waals surface area contributed by atoms with E-state index in [1.54, 1.807) is 0 Å². The molecule has 1 heterocycles. The molecule has 18 heavy (non-hydrogen) atoms. The summed E-state index contributed by atoms with van der Waals surface area (Å²) < 4.78 is 0. The minimum atomic E-state index is 0.454. The largest absolute Gasteiger partial charge is 0.328 e. The number of piperidine rings is 1. The molecule has 0 amide bonds. The summed E-state index contributed by atoms with van der Waals surface area (Å²) in [7, 11) is 0. The van der Waals surface area contributed by atoms with E-state index in [0.717, 1.165) is 6.54 Å². The summed E-state index contributed by atoms with van der Waals surface area (Å²) in [6.07, 6.45) is 9.50. The fourth-order valence-corrected chi connectivity index (χ4v) is 3.39. The monoisotopic (exact) mass is 253 g/mol. The average molecular weight is 253 g/mol. The number of likely N-dealkylation sites (tertiary alicyclic amines) is 1. The lowest BCUT2D eigenvalue weighted by Crippen LogP contribution is -2.43. The molecule has 0 bridgehead atoms. The van der Waals surface area contributed by atoms with Crippen LogP contribution in [0.25, 0.3) is 0 Å². The Balaban J connectivity index is 1.55. The number of hydrogen-bond donors (Lipinski definition) is 2. The molecule has 1 aliphatic heterocycles. The molecule has 1 saturated heterocycles. The molecular formula is C15H31N3. The first kappa shape index (κ1) is 14.3. The Kier molecular flexibility index (Phi) is 5.46. The van der Waals surface area contributed by atoms with Gasteiger partial charge in [-0.1, -0.05) is 26.2 Å². The zero-order valence-electron chi connectivity index (χ0n) is 12.1. The van der Waals surface area contributed by atoms with Crippen LogP contribution >= 0.6 is 0 Å². The maximum Gasteiger partial charge on any atom is 0.0107 e. The Morgan fingerprint density at radius 3 is 2.50 bits per heavy atom. The maximum absolute atomic E-state index is 5.92.